The van der Waals surface area contributed by atoms with Crippen LogP contribution in [0.25, 0.3) is 0 Å². The highest BCUT2D eigenvalue weighted by atomic mass is 79.9. The molecule has 0 amide bonds. The zero-order chi connectivity index (χ0) is 9.30. The Hall–Kier alpha value is -0.120. The predicted octanol–water partition coefficient (Wildman–Crippen LogP) is 3.62. The van der Waals surface area contributed by atoms with Gasteiger partial charge in [-0.05, 0) is 39.7 Å². The number of hydrogen-bond donors (Lipinski definition) is 0. The van der Waals surface area contributed by atoms with Crippen LogP contribution in [0, 0.1) is 5.82 Å². The molecule has 0 saturated carbocycles. The van der Waals surface area contributed by atoms with Gasteiger partial charge in [0.2, 0.25) is 0 Å². The number of hydrogen-bond acceptors (Lipinski definition) is 1. The first-order valence-corrected chi connectivity index (χ1v) is 4.42. The number of carbonyl (C=O) groups is 1. The molecule has 0 radical (unpaired) electrons. The fraction of sp³-hybridized carbons (Fsp3) is 0. The summed E-state index contributed by atoms with van der Waals surface area (Å²) >= 11 is 13.5. The summed E-state index contributed by atoms with van der Waals surface area (Å²) in [5.74, 6) is -0.678. The minimum atomic E-state index is -0.725. The standard InChI is InChI=1S/C7H2BrCl2FO/c8-5-3(7(10)12)1-2-4(9)6(5)11/h1-2H. The van der Waals surface area contributed by atoms with Crippen LogP contribution in [0.15, 0.2) is 16.6 Å². The van der Waals surface area contributed by atoms with Crippen LogP contribution < -0.4 is 0 Å². The summed E-state index contributed by atoms with van der Waals surface area (Å²) in [6, 6.07) is 2.63. The highest BCUT2D eigenvalue weighted by Crippen LogP contribution is 2.27. The molecule has 0 spiro atoms. The zero-order valence-corrected chi connectivity index (χ0v) is 8.67. The van der Waals surface area contributed by atoms with Crippen molar-refractivity contribution in [2.45, 2.75) is 0 Å². The van der Waals surface area contributed by atoms with Gasteiger partial charge in [0, 0.05) is 0 Å². The van der Waals surface area contributed by atoms with Gasteiger partial charge in [-0.15, -0.1) is 0 Å². The number of halogens is 4. The van der Waals surface area contributed by atoms with E-state index in [1.54, 1.807) is 0 Å². The van der Waals surface area contributed by atoms with E-state index in [4.69, 9.17) is 23.2 Å². The first kappa shape index (κ1) is 9.96. The fourth-order valence-electron chi connectivity index (χ4n) is 0.678. The molecule has 0 bridgehead atoms. The molecule has 0 aliphatic heterocycles. The second-order valence-electron chi connectivity index (χ2n) is 2.00. The van der Waals surface area contributed by atoms with Gasteiger partial charge in [-0.2, -0.15) is 0 Å². The van der Waals surface area contributed by atoms with Crippen molar-refractivity contribution < 1.29 is 9.18 Å². The lowest BCUT2D eigenvalue weighted by Gasteiger charge is -2.00. The highest BCUT2D eigenvalue weighted by molar-refractivity contribution is 9.10. The Balaban J connectivity index is 3.36. The van der Waals surface area contributed by atoms with E-state index >= 15 is 0 Å². The molecule has 1 aromatic rings. The molecule has 0 aromatic heterocycles. The van der Waals surface area contributed by atoms with Crippen LogP contribution in [0.1, 0.15) is 10.4 Å². The van der Waals surface area contributed by atoms with E-state index in [9.17, 15) is 9.18 Å². The Bertz CT molecular complexity index is 340. The first-order chi connectivity index (χ1) is 5.54. The Kier molecular flexibility index (Phi) is 3.09. The SMILES string of the molecule is O=C(Cl)c1ccc(Cl)c(F)c1Br. The van der Waals surface area contributed by atoms with Crippen molar-refractivity contribution in [1.29, 1.82) is 0 Å². The predicted molar refractivity (Wildman–Crippen MR) is 49.3 cm³/mol. The monoisotopic (exact) mass is 270 g/mol. The van der Waals surface area contributed by atoms with Crippen molar-refractivity contribution in [3.63, 3.8) is 0 Å². The van der Waals surface area contributed by atoms with E-state index in [1.807, 2.05) is 0 Å². The summed E-state index contributed by atoms with van der Waals surface area (Å²) in [5.41, 5.74) is 0.0681. The minimum Gasteiger partial charge on any atom is -0.276 e. The molecule has 0 unspecified atom stereocenters. The molecule has 1 aromatic carbocycles. The molecule has 64 valence electrons. The molecule has 0 aliphatic carbocycles. The molecule has 0 atom stereocenters. The average Bonchev–Trinajstić information content (AvgIpc) is 2.00. The molecule has 1 rings (SSSR count). The van der Waals surface area contributed by atoms with Gasteiger partial charge in [-0.25, -0.2) is 4.39 Å². The van der Waals surface area contributed by atoms with Gasteiger partial charge in [0.15, 0.2) is 5.82 Å². The van der Waals surface area contributed by atoms with Gasteiger partial charge in [0.25, 0.3) is 5.24 Å². The summed E-state index contributed by atoms with van der Waals surface area (Å²) < 4.78 is 13.0. The summed E-state index contributed by atoms with van der Waals surface area (Å²) in [5, 5.41) is -0.777. The number of rotatable bonds is 1. The topological polar surface area (TPSA) is 17.1 Å². The Morgan fingerprint density at radius 3 is 2.58 bits per heavy atom. The van der Waals surface area contributed by atoms with Crippen LogP contribution in [-0.4, -0.2) is 5.24 Å². The van der Waals surface area contributed by atoms with Crippen molar-refractivity contribution in [3.05, 3.63) is 33.0 Å². The Morgan fingerprint density at radius 1 is 1.50 bits per heavy atom. The van der Waals surface area contributed by atoms with Gasteiger partial charge in [-0.1, -0.05) is 11.6 Å². The molecule has 12 heavy (non-hydrogen) atoms. The third kappa shape index (κ3) is 1.79. The van der Waals surface area contributed by atoms with Crippen molar-refractivity contribution in [2.24, 2.45) is 0 Å². The second kappa shape index (κ2) is 3.73. The average molecular weight is 272 g/mol. The lowest BCUT2D eigenvalue weighted by molar-refractivity contribution is 0.108. The molecule has 0 N–H and O–H groups in total. The van der Waals surface area contributed by atoms with Crippen molar-refractivity contribution >= 4 is 44.4 Å². The van der Waals surface area contributed by atoms with E-state index in [1.165, 1.54) is 12.1 Å². The Labute approximate surface area is 86.6 Å². The highest BCUT2D eigenvalue weighted by Gasteiger charge is 2.13. The van der Waals surface area contributed by atoms with E-state index in [-0.39, 0.29) is 15.1 Å². The van der Waals surface area contributed by atoms with Gasteiger partial charge < -0.3 is 0 Å². The summed E-state index contributed by atoms with van der Waals surface area (Å²) in [6.45, 7) is 0. The third-order valence-corrected chi connectivity index (χ3v) is 2.52. The van der Waals surface area contributed by atoms with Gasteiger partial charge in [0.1, 0.15) is 0 Å². The maximum Gasteiger partial charge on any atom is 0.253 e. The maximum atomic E-state index is 13.0. The molecule has 1 nitrogen and oxygen atoms in total. The molecule has 0 saturated heterocycles. The van der Waals surface area contributed by atoms with Gasteiger partial charge in [-0.3, -0.25) is 4.79 Å². The van der Waals surface area contributed by atoms with Crippen molar-refractivity contribution in [3.8, 4) is 0 Å². The largest absolute Gasteiger partial charge is 0.276 e. The van der Waals surface area contributed by atoms with E-state index < -0.39 is 11.1 Å². The second-order valence-corrected chi connectivity index (χ2v) is 3.54. The maximum absolute atomic E-state index is 13.0. The molecule has 5 heteroatoms. The van der Waals surface area contributed by atoms with Gasteiger partial charge in [0.05, 0.1) is 15.1 Å². The van der Waals surface area contributed by atoms with Crippen LogP contribution >= 0.6 is 39.1 Å². The van der Waals surface area contributed by atoms with Crippen LogP contribution in [-0.2, 0) is 0 Å². The van der Waals surface area contributed by atoms with E-state index in [2.05, 4.69) is 15.9 Å². The summed E-state index contributed by atoms with van der Waals surface area (Å²) in [6.07, 6.45) is 0. The van der Waals surface area contributed by atoms with Crippen molar-refractivity contribution in [2.75, 3.05) is 0 Å². The van der Waals surface area contributed by atoms with Crippen LogP contribution in [0.3, 0.4) is 0 Å². The van der Waals surface area contributed by atoms with Crippen LogP contribution in [0.4, 0.5) is 4.39 Å². The third-order valence-electron chi connectivity index (χ3n) is 1.25. The fourth-order valence-corrected chi connectivity index (χ4v) is 1.75. The summed E-state index contributed by atoms with van der Waals surface area (Å²) in [4.78, 5) is 10.7. The molecule has 0 fully saturated rings. The van der Waals surface area contributed by atoms with Gasteiger partial charge >= 0.3 is 0 Å². The van der Waals surface area contributed by atoms with Crippen molar-refractivity contribution in [1.82, 2.24) is 0 Å². The quantitative estimate of drug-likeness (QED) is 0.563. The molecular weight excluding hydrogens is 270 g/mol. The molecule has 0 heterocycles. The zero-order valence-electron chi connectivity index (χ0n) is 5.57. The first-order valence-electron chi connectivity index (χ1n) is 2.87. The molecule has 0 aliphatic rings. The van der Waals surface area contributed by atoms with Crippen LogP contribution in [0.2, 0.25) is 5.02 Å². The smallest absolute Gasteiger partial charge is 0.253 e. The number of carbonyl (C=O) groups excluding carboxylic acids is 1. The normalized spacial score (nSPS) is 10.0. The minimum absolute atomic E-state index is 0.00463. The molecular formula is C7H2BrCl2FO. The van der Waals surface area contributed by atoms with Crippen LogP contribution in [0.5, 0.6) is 0 Å². The van der Waals surface area contributed by atoms with E-state index in [0.717, 1.165) is 0 Å². The Morgan fingerprint density at radius 2 is 2.08 bits per heavy atom. The lowest BCUT2D eigenvalue weighted by atomic mass is 10.2. The summed E-state index contributed by atoms with van der Waals surface area (Å²) in [7, 11) is 0. The van der Waals surface area contributed by atoms with E-state index in [0.29, 0.717) is 0 Å². The lowest BCUT2D eigenvalue weighted by Crippen LogP contribution is -1.93. The number of benzene rings is 1.